The summed E-state index contributed by atoms with van der Waals surface area (Å²) in [5.41, 5.74) is 2.72. The first-order valence-electron chi connectivity index (χ1n) is 5.59. The number of hydrogen-bond donors (Lipinski definition) is 0. The molecular weight excluding hydrogens is 238 g/mol. The van der Waals surface area contributed by atoms with Crippen LogP contribution in [0.4, 0.5) is 0 Å². The molecule has 96 valence electrons. The third-order valence-electron chi connectivity index (χ3n) is 3.39. The number of halogens is 1. The Morgan fingerprint density at radius 2 is 1.65 bits per heavy atom. The molecule has 3 nitrogen and oxygen atoms in total. The molecule has 1 aliphatic rings. The van der Waals surface area contributed by atoms with Crippen LogP contribution in [-0.4, -0.2) is 32.2 Å². The lowest BCUT2D eigenvalue weighted by Gasteiger charge is -2.32. The van der Waals surface area contributed by atoms with Gasteiger partial charge < -0.3 is 9.47 Å². The van der Waals surface area contributed by atoms with Gasteiger partial charge in [0.2, 0.25) is 0 Å². The van der Waals surface area contributed by atoms with E-state index in [0.29, 0.717) is 6.04 Å². The Labute approximate surface area is 109 Å². The Hall–Kier alpha value is -0.930. The molecule has 1 aliphatic heterocycles. The first-order chi connectivity index (χ1) is 7.65. The highest BCUT2D eigenvalue weighted by Gasteiger charge is 2.21. The van der Waals surface area contributed by atoms with Gasteiger partial charge in [-0.1, -0.05) is 0 Å². The molecule has 0 saturated heterocycles. The van der Waals surface area contributed by atoms with Gasteiger partial charge in [-0.2, -0.15) is 0 Å². The molecule has 0 aromatic heterocycles. The summed E-state index contributed by atoms with van der Waals surface area (Å²) in [6.07, 6.45) is 1.08. The van der Waals surface area contributed by atoms with E-state index < -0.39 is 0 Å². The quantitative estimate of drug-likeness (QED) is 0.813. The van der Waals surface area contributed by atoms with E-state index in [4.69, 9.17) is 9.47 Å². The maximum absolute atomic E-state index is 5.33. The van der Waals surface area contributed by atoms with Gasteiger partial charge in [0.15, 0.2) is 11.5 Å². The molecule has 0 radical (unpaired) electrons. The van der Waals surface area contributed by atoms with Crippen molar-refractivity contribution >= 4 is 12.4 Å². The Morgan fingerprint density at radius 1 is 1.12 bits per heavy atom. The SMILES string of the molecule is COc1cc2c(cc1OC)CN(C)C(C)C2.Cl. The third kappa shape index (κ3) is 2.67. The van der Waals surface area contributed by atoms with E-state index in [1.165, 1.54) is 11.1 Å². The minimum absolute atomic E-state index is 0. The number of hydrogen-bond acceptors (Lipinski definition) is 3. The molecule has 0 N–H and O–H groups in total. The normalized spacial score (nSPS) is 19.2. The lowest BCUT2D eigenvalue weighted by Crippen LogP contribution is -2.35. The van der Waals surface area contributed by atoms with Crippen molar-refractivity contribution in [3.63, 3.8) is 0 Å². The molecule has 1 heterocycles. The van der Waals surface area contributed by atoms with Gasteiger partial charge in [-0.05, 0) is 43.7 Å². The molecular formula is C13H20ClNO2. The number of likely N-dealkylation sites (N-methyl/N-ethyl adjacent to an activating group) is 1. The van der Waals surface area contributed by atoms with E-state index in [1.54, 1.807) is 14.2 Å². The zero-order chi connectivity index (χ0) is 11.7. The van der Waals surface area contributed by atoms with E-state index in [0.717, 1.165) is 24.5 Å². The van der Waals surface area contributed by atoms with Crippen LogP contribution >= 0.6 is 12.4 Å². The maximum Gasteiger partial charge on any atom is 0.161 e. The Kier molecular flexibility index (Phi) is 4.66. The van der Waals surface area contributed by atoms with Gasteiger partial charge in [0.05, 0.1) is 14.2 Å². The molecule has 0 aliphatic carbocycles. The zero-order valence-corrected chi connectivity index (χ0v) is 11.6. The largest absolute Gasteiger partial charge is 0.493 e. The van der Waals surface area contributed by atoms with E-state index in [1.807, 2.05) is 0 Å². The van der Waals surface area contributed by atoms with E-state index in [-0.39, 0.29) is 12.4 Å². The van der Waals surface area contributed by atoms with Crippen molar-refractivity contribution in [2.24, 2.45) is 0 Å². The molecule has 0 amide bonds. The highest BCUT2D eigenvalue weighted by atomic mass is 35.5. The summed E-state index contributed by atoms with van der Waals surface area (Å²) in [7, 11) is 5.52. The standard InChI is InChI=1S/C13H19NO2.ClH/c1-9-5-10-6-12(15-3)13(16-4)7-11(10)8-14(9)2;/h6-7,9H,5,8H2,1-4H3;1H. The fraction of sp³-hybridized carbons (Fsp3) is 0.538. The van der Waals surface area contributed by atoms with Gasteiger partial charge in [0.1, 0.15) is 0 Å². The van der Waals surface area contributed by atoms with Crippen LogP contribution in [0.1, 0.15) is 18.1 Å². The van der Waals surface area contributed by atoms with Crippen molar-refractivity contribution < 1.29 is 9.47 Å². The van der Waals surface area contributed by atoms with Gasteiger partial charge >= 0.3 is 0 Å². The molecule has 1 atom stereocenters. The van der Waals surface area contributed by atoms with Gasteiger partial charge in [-0.25, -0.2) is 0 Å². The van der Waals surface area contributed by atoms with Crippen LogP contribution in [0.5, 0.6) is 11.5 Å². The third-order valence-corrected chi connectivity index (χ3v) is 3.39. The Bertz CT molecular complexity index is 358. The van der Waals surface area contributed by atoms with Gasteiger partial charge in [-0.3, -0.25) is 4.90 Å². The minimum Gasteiger partial charge on any atom is -0.493 e. The summed E-state index contributed by atoms with van der Waals surface area (Å²) < 4.78 is 10.6. The van der Waals surface area contributed by atoms with E-state index in [9.17, 15) is 0 Å². The number of ether oxygens (including phenoxy) is 2. The number of methoxy groups -OCH3 is 2. The smallest absolute Gasteiger partial charge is 0.161 e. The molecule has 1 unspecified atom stereocenters. The Morgan fingerprint density at radius 3 is 2.18 bits per heavy atom. The fourth-order valence-electron chi connectivity index (χ4n) is 2.20. The van der Waals surface area contributed by atoms with Crippen LogP contribution in [-0.2, 0) is 13.0 Å². The first kappa shape index (κ1) is 14.1. The van der Waals surface area contributed by atoms with Crippen LogP contribution in [0.2, 0.25) is 0 Å². The predicted octanol–water partition coefficient (Wildman–Crippen LogP) is 2.50. The molecule has 1 aromatic rings. The summed E-state index contributed by atoms with van der Waals surface area (Å²) in [4.78, 5) is 2.36. The van der Waals surface area contributed by atoms with Crippen LogP contribution in [0.25, 0.3) is 0 Å². The number of nitrogens with zero attached hydrogens (tertiary/aromatic N) is 1. The number of benzene rings is 1. The van der Waals surface area contributed by atoms with E-state index in [2.05, 4.69) is 31.0 Å². The fourth-order valence-corrected chi connectivity index (χ4v) is 2.20. The molecule has 0 saturated carbocycles. The summed E-state index contributed by atoms with van der Waals surface area (Å²) in [6.45, 7) is 3.23. The van der Waals surface area contributed by atoms with Gasteiger partial charge in [0, 0.05) is 12.6 Å². The topological polar surface area (TPSA) is 21.7 Å². The molecule has 0 fully saturated rings. The zero-order valence-electron chi connectivity index (χ0n) is 10.8. The summed E-state index contributed by atoms with van der Waals surface area (Å²) in [5, 5.41) is 0. The van der Waals surface area contributed by atoms with Crippen molar-refractivity contribution in [1.82, 2.24) is 4.90 Å². The summed E-state index contributed by atoms with van der Waals surface area (Å²) in [6, 6.07) is 4.79. The summed E-state index contributed by atoms with van der Waals surface area (Å²) in [5.74, 6) is 1.65. The first-order valence-corrected chi connectivity index (χ1v) is 5.59. The summed E-state index contributed by atoms with van der Waals surface area (Å²) >= 11 is 0. The van der Waals surface area contributed by atoms with E-state index >= 15 is 0 Å². The van der Waals surface area contributed by atoms with Gasteiger partial charge in [-0.15, -0.1) is 12.4 Å². The van der Waals surface area contributed by atoms with Crippen molar-refractivity contribution in [2.75, 3.05) is 21.3 Å². The minimum atomic E-state index is 0. The second-order valence-corrected chi connectivity index (χ2v) is 4.44. The highest BCUT2D eigenvalue weighted by Crippen LogP contribution is 2.34. The molecule has 17 heavy (non-hydrogen) atoms. The maximum atomic E-state index is 5.33. The molecule has 0 spiro atoms. The van der Waals surface area contributed by atoms with Gasteiger partial charge in [0.25, 0.3) is 0 Å². The molecule has 0 bridgehead atoms. The average molecular weight is 258 g/mol. The Balaban J connectivity index is 0.00000144. The second-order valence-electron chi connectivity index (χ2n) is 4.44. The highest BCUT2D eigenvalue weighted by molar-refractivity contribution is 5.85. The number of fused-ring (bicyclic) bond motifs is 1. The van der Waals surface area contributed by atoms with Crippen molar-refractivity contribution in [3.8, 4) is 11.5 Å². The van der Waals surface area contributed by atoms with Crippen molar-refractivity contribution in [1.29, 1.82) is 0 Å². The van der Waals surface area contributed by atoms with Crippen molar-refractivity contribution in [3.05, 3.63) is 23.3 Å². The second kappa shape index (κ2) is 5.61. The van der Waals surface area contributed by atoms with Crippen molar-refractivity contribution in [2.45, 2.75) is 25.9 Å². The van der Waals surface area contributed by atoms with Crippen LogP contribution in [0, 0.1) is 0 Å². The van der Waals surface area contributed by atoms with Crippen LogP contribution < -0.4 is 9.47 Å². The molecule has 4 heteroatoms. The van der Waals surface area contributed by atoms with Crippen LogP contribution in [0.15, 0.2) is 12.1 Å². The predicted molar refractivity (Wildman–Crippen MR) is 71.4 cm³/mol. The van der Waals surface area contributed by atoms with Crippen LogP contribution in [0.3, 0.4) is 0 Å². The average Bonchev–Trinajstić information content (AvgIpc) is 2.29. The number of rotatable bonds is 2. The molecule has 2 rings (SSSR count). The molecule has 1 aromatic carbocycles. The lowest BCUT2D eigenvalue weighted by atomic mass is 9.94. The lowest BCUT2D eigenvalue weighted by molar-refractivity contribution is 0.230. The monoisotopic (exact) mass is 257 g/mol.